The molecule has 5 rings (SSSR count). The van der Waals surface area contributed by atoms with Crippen molar-refractivity contribution in [2.75, 3.05) is 25.0 Å². The average molecular weight is 499 g/mol. The van der Waals surface area contributed by atoms with E-state index in [9.17, 15) is 4.79 Å². The molecule has 1 fully saturated rings. The van der Waals surface area contributed by atoms with E-state index < -0.39 is 0 Å². The van der Waals surface area contributed by atoms with Crippen LogP contribution in [-0.4, -0.2) is 51.2 Å². The molecule has 3 aromatic rings. The topological polar surface area (TPSA) is 75.1 Å². The quantitative estimate of drug-likeness (QED) is 0.527. The number of carbonyl (C=O) groups excluding carboxylic acids is 1. The zero-order chi connectivity index (χ0) is 23.8. The molecule has 9 heteroatoms. The molecule has 0 radical (unpaired) electrons. The van der Waals surface area contributed by atoms with Gasteiger partial charge >= 0.3 is 0 Å². The molecule has 2 aliphatic rings. The molecule has 2 N–H and O–H groups in total. The lowest BCUT2D eigenvalue weighted by atomic mass is 10.0. The van der Waals surface area contributed by atoms with Gasteiger partial charge in [0.2, 0.25) is 5.91 Å². The Hall–Kier alpha value is -2.61. The van der Waals surface area contributed by atoms with Crippen LogP contribution in [0, 0.1) is 0 Å². The monoisotopic (exact) mass is 498 g/mol. The molecule has 0 unspecified atom stereocenters. The van der Waals surface area contributed by atoms with Crippen molar-refractivity contribution in [3.05, 3.63) is 57.8 Å². The zero-order valence-corrected chi connectivity index (χ0v) is 20.8. The zero-order valence-electron chi connectivity index (χ0n) is 19.3. The van der Waals surface area contributed by atoms with Crippen molar-refractivity contribution < 1.29 is 4.79 Å². The maximum absolute atomic E-state index is 12.8. The van der Waals surface area contributed by atoms with Crippen molar-refractivity contribution >= 4 is 51.4 Å². The summed E-state index contributed by atoms with van der Waals surface area (Å²) in [6.07, 6.45) is 6.82. The molecule has 1 amide bonds. The Labute approximate surface area is 209 Å². The van der Waals surface area contributed by atoms with E-state index in [0.717, 1.165) is 59.4 Å². The van der Waals surface area contributed by atoms with Crippen molar-refractivity contribution in [2.24, 2.45) is 7.05 Å². The highest BCUT2D eigenvalue weighted by Crippen LogP contribution is 2.33. The first-order valence-corrected chi connectivity index (χ1v) is 12.4. The number of halogens is 2. The Morgan fingerprint density at radius 3 is 2.85 bits per heavy atom. The van der Waals surface area contributed by atoms with Gasteiger partial charge in [0.25, 0.3) is 0 Å². The molecule has 2 atom stereocenters. The van der Waals surface area contributed by atoms with Crippen LogP contribution in [0.3, 0.4) is 0 Å². The van der Waals surface area contributed by atoms with Crippen LogP contribution in [0.2, 0.25) is 10.0 Å². The minimum absolute atomic E-state index is 0.0307. The molecular formula is C25H28Cl2N6O. The number of benzene rings is 1. The summed E-state index contributed by atoms with van der Waals surface area (Å²) in [5, 5.41) is 12.7. The molecule has 2 aromatic heterocycles. The van der Waals surface area contributed by atoms with Crippen LogP contribution in [0.4, 0.5) is 5.69 Å². The predicted molar refractivity (Wildman–Crippen MR) is 137 cm³/mol. The maximum Gasteiger partial charge on any atom is 0.239 e. The number of aryl methyl sites for hydroxylation is 1. The van der Waals surface area contributed by atoms with Crippen LogP contribution in [0.25, 0.3) is 16.6 Å². The van der Waals surface area contributed by atoms with Gasteiger partial charge < -0.3 is 15.5 Å². The number of anilines is 1. The fourth-order valence-electron chi connectivity index (χ4n) is 4.77. The van der Waals surface area contributed by atoms with E-state index in [1.165, 1.54) is 0 Å². The van der Waals surface area contributed by atoms with Gasteiger partial charge in [-0.1, -0.05) is 35.3 Å². The molecule has 0 spiro atoms. The molecule has 2 aliphatic heterocycles. The lowest BCUT2D eigenvalue weighted by Gasteiger charge is -2.29. The lowest BCUT2D eigenvalue weighted by Crippen LogP contribution is -2.45. The molecule has 7 nitrogen and oxygen atoms in total. The first-order chi connectivity index (χ1) is 16.4. The summed E-state index contributed by atoms with van der Waals surface area (Å²) in [7, 11) is 1.89. The summed E-state index contributed by atoms with van der Waals surface area (Å²) >= 11 is 12.5. The number of nitrogens with zero attached hydrogens (tertiary/aromatic N) is 4. The third-order valence-electron chi connectivity index (χ3n) is 6.60. The Morgan fingerprint density at radius 1 is 1.29 bits per heavy atom. The first-order valence-electron chi connectivity index (χ1n) is 11.7. The number of nitrogens with one attached hydrogen (secondary N) is 2. The van der Waals surface area contributed by atoms with Gasteiger partial charge in [-0.25, -0.2) is 4.98 Å². The summed E-state index contributed by atoms with van der Waals surface area (Å²) < 4.78 is 1.77. The highest BCUT2D eigenvalue weighted by atomic mass is 35.5. The molecule has 178 valence electrons. The first kappa shape index (κ1) is 23.1. The van der Waals surface area contributed by atoms with Gasteiger partial charge in [0.15, 0.2) is 0 Å². The molecule has 1 aromatic carbocycles. The van der Waals surface area contributed by atoms with Crippen molar-refractivity contribution in [3.63, 3.8) is 0 Å². The summed E-state index contributed by atoms with van der Waals surface area (Å²) in [6, 6.07) is 7.50. The minimum atomic E-state index is -0.0578. The van der Waals surface area contributed by atoms with Crippen LogP contribution < -0.4 is 10.6 Å². The highest BCUT2D eigenvalue weighted by molar-refractivity contribution is 6.35. The highest BCUT2D eigenvalue weighted by Gasteiger charge is 2.28. The van der Waals surface area contributed by atoms with Gasteiger partial charge in [-0.05, 0) is 62.1 Å². The smallest absolute Gasteiger partial charge is 0.239 e. The molecule has 0 aliphatic carbocycles. The number of hydrogen-bond acceptors (Lipinski definition) is 5. The summed E-state index contributed by atoms with van der Waals surface area (Å²) in [5.41, 5.74) is 5.54. The number of amides is 1. The number of pyridine rings is 1. The predicted octanol–water partition coefficient (Wildman–Crippen LogP) is 4.82. The van der Waals surface area contributed by atoms with Gasteiger partial charge in [0, 0.05) is 30.2 Å². The SMILES string of the molecule is C[C@@H](Nc1cc(C2=CCN(C(=O)[C@H]3CCCN3)CC2)nc2cn(C)nc12)c1ccc(Cl)cc1Cl. The Kier molecular flexibility index (Phi) is 6.51. The Bertz CT molecular complexity index is 1260. The van der Waals surface area contributed by atoms with Gasteiger partial charge in [-0.15, -0.1) is 0 Å². The van der Waals surface area contributed by atoms with Crippen LogP contribution in [-0.2, 0) is 11.8 Å². The number of fused-ring (bicyclic) bond motifs is 1. The maximum atomic E-state index is 12.8. The van der Waals surface area contributed by atoms with Crippen LogP contribution in [0.5, 0.6) is 0 Å². The Morgan fingerprint density at radius 2 is 2.15 bits per heavy atom. The van der Waals surface area contributed by atoms with Crippen molar-refractivity contribution in [3.8, 4) is 0 Å². The third kappa shape index (κ3) is 4.65. The van der Waals surface area contributed by atoms with Gasteiger partial charge in [0.1, 0.15) is 11.0 Å². The summed E-state index contributed by atoms with van der Waals surface area (Å²) in [6.45, 7) is 4.30. The molecule has 4 heterocycles. The molecule has 0 bridgehead atoms. The third-order valence-corrected chi connectivity index (χ3v) is 7.16. The van der Waals surface area contributed by atoms with Crippen molar-refractivity contribution in [2.45, 2.75) is 38.3 Å². The number of rotatable bonds is 5. The van der Waals surface area contributed by atoms with Gasteiger partial charge in [-0.2, -0.15) is 5.10 Å². The molecule has 0 saturated carbocycles. The second-order valence-electron chi connectivity index (χ2n) is 9.04. The van der Waals surface area contributed by atoms with E-state index in [2.05, 4.69) is 34.8 Å². The van der Waals surface area contributed by atoms with Gasteiger partial charge in [-0.3, -0.25) is 9.48 Å². The van der Waals surface area contributed by atoms with Crippen molar-refractivity contribution in [1.82, 2.24) is 25.0 Å². The van der Waals surface area contributed by atoms with Crippen LogP contribution >= 0.6 is 23.2 Å². The van der Waals surface area contributed by atoms with Crippen molar-refractivity contribution in [1.29, 1.82) is 0 Å². The fourth-order valence-corrected chi connectivity index (χ4v) is 5.34. The van der Waals surface area contributed by atoms with Gasteiger partial charge in [0.05, 0.1) is 29.7 Å². The molecular weight excluding hydrogens is 471 g/mol. The van der Waals surface area contributed by atoms with E-state index in [0.29, 0.717) is 23.1 Å². The largest absolute Gasteiger partial charge is 0.377 e. The summed E-state index contributed by atoms with van der Waals surface area (Å²) in [5.74, 6) is 0.208. The molecule has 1 saturated heterocycles. The second-order valence-corrected chi connectivity index (χ2v) is 9.88. The van der Waals surface area contributed by atoms with E-state index in [4.69, 9.17) is 28.2 Å². The van der Waals surface area contributed by atoms with E-state index in [1.807, 2.05) is 30.3 Å². The lowest BCUT2D eigenvalue weighted by molar-refractivity contribution is -0.132. The van der Waals surface area contributed by atoms with E-state index in [1.54, 1.807) is 10.7 Å². The average Bonchev–Trinajstić information content (AvgIpc) is 3.48. The number of aromatic nitrogens is 3. The van der Waals surface area contributed by atoms with Crippen LogP contribution in [0.15, 0.2) is 36.5 Å². The fraction of sp³-hybridized carbons (Fsp3) is 0.400. The minimum Gasteiger partial charge on any atom is -0.377 e. The standard InChI is InChI=1S/C25H28Cl2N6O/c1-15(18-6-5-17(26)12-19(18)27)29-22-13-21(30-23-14-32(2)31-24(22)23)16-7-10-33(11-8-16)25(34)20-4-3-9-28-20/h5-7,12-15,20,28-29H,3-4,8-11H2,1-2H3/t15-,20-/m1/s1. The van der Waals surface area contributed by atoms with Crippen LogP contribution in [0.1, 0.15) is 43.5 Å². The van der Waals surface area contributed by atoms with E-state index in [-0.39, 0.29) is 18.0 Å². The summed E-state index contributed by atoms with van der Waals surface area (Å²) in [4.78, 5) is 19.6. The van der Waals surface area contributed by atoms with E-state index >= 15 is 0 Å². The normalized spacial score (nSPS) is 19.4. The number of carbonyl (C=O) groups is 1. The molecule has 34 heavy (non-hydrogen) atoms. The Balaban J connectivity index is 1.41. The second kappa shape index (κ2) is 9.56. The number of hydrogen-bond donors (Lipinski definition) is 2.